The predicted molar refractivity (Wildman–Crippen MR) is 48.0 cm³/mol. The van der Waals surface area contributed by atoms with Gasteiger partial charge in [0.15, 0.2) is 0 Å². The summed E-state index contributed by atoms with van der Waals surface area (Å²) < 4.78 is 25.0. The van der Waals surface area contributed by atoms with Crippen molar-refractivity contribution in [2.24, 2.45) is 0 Å². The Morgan fingerprint density at radius 2 is 2.13 bits per heavy atom. The Labute approximate surface area is 85.6 Å². The maximum absolute atomic E-state index is 12.5. The Hall–Kier alpha value is -2.01. The fraction of sp³-hybridized carbons (Fsp3) is 0.300. The van der Waals surface area contributed by atoms with Gasteiger partial charge in [-0.15, -0.1) is 0 Å². The molecule has 0 atom stereocenters. The first-order valence-corrected chi connectivity index (χ1v) is 4.15. The smallest absolute Gasteiger partial charge is 0.254 e. The molecule has 0 N–H and O–H groups in total. The molecule has 0 spiro atoms. The standard InChI is InChI=1S/C10H7F2N3/c1-6-7(4-14)5-15-9(10(11)12)8(6)2-3-13/h5,10H,2H2,1H3. The van der Waals surface area contributed by atoms with E-state index < -0.39 is 12.1 Å². The molecular weight excluding hydrogens is 200 g/mol. The second-order valence-corrected chi connectivity index (χ2v) is 2.91. The van der Waals surface area contributed by atoms with E-state index in [0.717, 1.165) is 6.20 Å². The zero-order chi connectivity index (χ0) is 11.4. The quantitative estimate of drug-likeness (QED) is 0.747. The molecule has 0 radical (unpaired) electrons. The number of nitriles is 2. The fourth-order valence-corrected chi connectivity index (χ4v) is 1.27. The highest BCUT2D eigenvalue weighted by molar-refractivity contribution is 5.43. The Balaban J connectivity index is 3.40. The molecule has 0 aliphatic carbocycles. The van der Waals surface area contributed by atoms with Crippen molar-refractivity contribution < 1.29 is 8.78 Å². The van der Waals surface area contributed by atoms with Crippen molar-refractivity contribution in [2.45, 2.75) is 19.8 Å². The lowest BCUT2D eigenvalue weighted by Crippen LogP contribution is -2.03. The molecule has 0 saturated heterocycles. The predicted octanol–water partition coefficient (Wildman–Crippen LogP) is 2.27. The highest BCUT2D eigenvalue weighted by Gasteiger charge is 2.18. The molecule has 5 heteroatoms. The van der Waals surface area contributed by atoms with Gasteiger partial charge >= 0.3 is 0 Å². The minimum Gasteiger partial charge on any atom is -0.254 e. The summed E-state index contributed by atoms with van der Waals surface area (Å²) in [4.78, 5) is 3.50. The van der Waals surface area contributed by atoms with E-state index in [9.17, 15) is 8.78 Å². The lowest BCUT2D eigenvalue weighted by molar-refractivity contribution is 0.145. The van der Waals surface area contributed by atoms with Crippen LogP contribution in [0.2, 0.25) is 0 Å². The van der Waals surface area contributed by atoms with Crippen LogP contribution in [-0.4, -0.2) is 4.98 Å². The minimum absolute atomic E-state index is 0.159. The number of aromatic nitrogens is 1. The first-order valence-electron chi connectivity index (χ1n) is 4.15. The van der Waals surface area contributed by atoms with Crippen LogP contribution >= 0.6 is 0 Å². The number of rotatable bonds is 2. The summed E-state index contributed by atoms with van der Waals surface area (Å²) >= 11 is 0. The summed E-state index contributed by atoms with van der Waals surface area (Å²) in [6.07, 6.45) is -1.77. The van der Waals surface area contributed by atoms with Gasteiger partial charge in [0.05, 0.1) is 18.1 Å². The number of halogens is 2. The van der Waals surface area contributed by atoms with Crippen molar-refractivity contribution in [3.63, 3.8) is 0 Å². The van der Waals surface area contributed by atoms with E-state index in [-0.39, 0.29) is 17.5 Å². The average Bonchev–Trinajstić information content (AvgIpc) is 2.20. The molecule has 0 unspecified atom stereocenters. The summed E-state index contributed by atoms with van der Waals surface area (Å²) in [6.45, 7) is 1.54. The number of hydrogen-bond donors (Lipinski definition) is 0. The van der Waals surface area contributed by atoms with E-state index >= 15 is 0 Å². The van der Waals surface area contributed by atoms with E-state index in [4.69, 9.17) is 10.5 Å². The van der Waals surface area contributed by atoms with Gasteiger partial charge in [0, 0.05) is 6.20 Å². The van der Waals surface area contributed by atoms with Gasteiger partial charge in [-0.05, 0) is 18.1 Å². The van der Waals surface area contributed by atoms with Gasteiger partial charge in [-0.2, -0.15) is 10.5 Å². The second-order valence-electron chi connectivity index (χ2n) is 2.91. The number of alkyl halides is 2. The van der Waals surface area contributed by atoms with Crippen molar-refractivity contribution in [1.29, 1.82) is 10.5 Å². The zero-order valence-electron chi connectivity index (χ0n) is 7.96. The van der Waals surface area contributed by atoms with Crippen LogP contribution in [0.4, 0.5) is 8.78 Å². The molecular formula is C10H7F2N3. The van der Waals surface area contributed by atoms with Gasteiger partial charge in [0.2, 0.25) is 0 Å². The van der Waals surface area contributed by atoms with E-state index in [1.54, 1.807) is 13.0 Å². The topological polar surface area (TPSA) is 60.5 Å². The molecule has 0 fully saturated rings. The van der Waals surface area contributed by atoms with Crippen LogP contribution in [0, 0.1) is 29.6 Å². The molecule has 1 rings (SSSR count). The Morgan fingerprint density at radius 1 is 1.47 bits per heavy atom. The van der Waals surface area contributed by atoms with E-state index in [1.807, 2.05) is 6.07 Å². The minimum atomic E-state index is -2.72. The highest BCUT2D eigenvalue weighted by Crippen LogP contribution is 2.25. The first kappa shape index (κ1) is 11.1. The number of nitrogens with zero attached hydrogens (tertiary/aromatic N) is 3. The summed E-state index contributed by atoms with van der Waals surface area (Å²) in [6, 6.07) is 3.63. The van der Waals surface area contributed by atoms with Crippen LogP contribution in [0.3, 0.4) is 0 Å². The summed E-state index contributed by atoms with van der Waals surface area (Å²) in [5.74, 6) is 0. The first-order chi connectivity index (χ1) is 7.11. The lowest BCUT2D eigenvalue weighted by atomic mass is 10.0. The molecule has 0 bridgehead atoms. The van der Waals surface area contributed by atoms with Crippen molar-refractivity contribution in [3.05, 3.63) is 28.6 Å². The highest BCUT2D eigenvalue weighted by atomic mass is 19.3. The third kappa shape index (κ3) is 2.08. The molecule has 0 aromatic carbocycles. The third-order valence-electron chi connectivity index (χ3n) is 2.08. The van der Waals surface area contributed by atoms with E-state index in [0.29, 0.717) is 5.56 Å². The normalized spacial score (nSPS) is 9.73. The summed E-state index contributed by atoms with van der Waals surface area (Å²) in [5.41, 5.74) is 0.383. The van der Waals surface area contributed by atoms with Crippen LogP contribution in [0.1, 0.15) is 28.8 Å². The largest absolute Gasteiger partial charge is 0.280 e. The van der Waals surface area contributed by atoms with Gasteiger partial charge in [0.25, 0.3) is 6.43 Å². The SMILES string of the molecule is Cc1c(C#N)cnc(C(F)F)c1CC#N. The molecule has 3 nitrogen and oxygen atoms in total. The fourth-order valence-electron chi connectivity index (χ4n) is 1.27. The Morgan fingerprint density at radius 3 is 2.60 bits per heavy atom. The Kier molecular flexibility index (Phi) is 3.30. The van der Waals surface area contributed by atoms with Gasteiger partial charge in [-0.25, -0.2) is 8.78 Å². The Bertz CT molecular complexity index is 455. The molecule has 0 saturated carbocycles. The molecule has 15 heavy (non-hydrogen) atoms. The summed E-state index contributed by atoms with van der Waals surface area (Å²) in [7, 11) is 0. The van der Waals surface area contributed by atoms with Crippen LogP contribution in [0.15, 0.2) is 6.20 Å². The molecule has 0 aliphatic rings. The van der Waals surface area contributed by atoms with Crippen molar-refractivity contribution in [3.8, 4) is 12.1 Å². The molecule has 1 heterocycles. The molecule has 1 aromatic rings. The van der Waals surface area contributed by atoms with Crippen LogP contribution in [0.5, 0.6) is 0 Å². The molecule has 1 aromatic heterocycles. The maximum Gasteiger partial charge on any atom is 0.280 e. The van der Waals surface area contributed by atoms with Gasteiger partial charge < -0.3 is 0 Å². The van der Waals surface area contributed by atoms with Crippen molar-refractivity contribution in [1.82, 2.24) is 4.98 Å². The zero-order valence-corrected chi connectivity index (χ0v) is 7.96. The lowest BCUT2D eigenvalue weighted by Gasteiger charge is -2.08. The molecule has 76 valence electrons. The molecule has 0 aliphatic heterocycles. The monoisotopic (exact) mass is 207 g/mol. The second kappa shape index (κ2) is 4.47. The van der Waals surface area contributed by atoms with Crippen LogP contribution in [-0.2, 0) is 6.42 Å². The van der Waals surface area contributed by atoms with Crippen molar-refractivity contribution in [2.75, 3.05) is 0 Å². The van der Waals surface area contributed by atoms with Crippen LogP contribution < -0.4 is 0 Å². The maximum atomic E-state index is 12.5. The number of hydrogen-bond acceptors (Lipinski definition) is 3. The van der Waals surface area contributed by atoms with E-state index in [1.165, 1.54) is 0 Å². The molecule has 0 amide bonds. The van der Waals surface area contributed by atoms with Gasteiger partial charge in [-0.1, -0.05) is 0 Å². The summed E-state index contributed by atoms with van der Waals surface area (Å²) in [5, 5.41) is 17.2. The van der Waals surface area contributed by atoms with Gasteiger partial charge in [0.1, 0.15) is 11.8 Å². The van der Waals surface area contributed by atoms with Crippen molar-refractivity contribution >= 4 is 0 Å². The van der Waals surface area contributed by atoms with Crippen LogP contribution in [0.25, 0.3) is 0 Å². The third-order valence-corrected chi connectivity index (χ3v) is 2.08. The number of pyridine rings is 1. The average molecular weight is 207 g/mol. The van der Waals surface area contributed by atoms with Gasteiger partial charge in [-0.3, -0.25) is 4.98 Å². The van der Waals surface area contributed by atoms with E-state index in [2.05, 4.69) is 4.98 Å².